The van der Waals surface area contributed by atoms with Crippen molar-refractivity contribution >= 4 is 11.8 Å². The smallest absolute Gasteiger partial charge is 0.255 e. The van der Waals surface area contributed by atoms with Gasteiger partial charge < -0.3 is 20.1 Å². The van der Waals surface area contributed by atoms with Crippen molar-refractivity contribution in [3.8, 4) is 11.5 Å². The molecule has 6 nitrogen and oxygen atoms in total. The van der Waals surface area contributed by atoms with Crippen molar-refractivity contribution in [2.24, 2.45) is 0 Å². The van der Waals surface area contributed by atoms with E-state index >= 15 is 0 Å². The number of rotatable bonds is 8. The molecule has 0 aliphatic heterocycles. The minimum atomic E-state index is -0.350. The lowest BCUT2D eigenvalue weighted by Gasteiger charge is -2.10. The van der Waals surface area contributed by atoms with Gasteiger partial charge in [0.15, 0.2) is 0 Å². The Bertz CT molecular complexity index is 731. The van der Waals surface area contributed by atoms with Crippen molar-refractivity contribution in [1.29, 1.82) is 0 Å². The second kappa shape index (κ2) is 9.32. The van der Waals surface area contributed by atoms with E-state index in [1.54, 1.807) is 31.4 Å². The second-order valence-corrected chi connectivity index (χ2v) is 5.29. The Hall–Kier alpha value is -3.02. The van der Waals surface area contributed by atoms with Crippen LogP contribution in [0.25, 0.3) is 0 Å². The van der Waals surface area contributed by atoms with Gasteiger partial charge in [0.1, 0.15) is 11.5 Å². The number of carbonyl (C=O) groups is 2. The Balaban J connectivity index is 1.78. The van der Waals surface area contributed by atoms with Gasteiger partial charge in [-0.15, -0.1) is 0 Å². The van der Waals surface area contributed by atoms with E-state index in [2.05, 4.69) is 10.6 Å². The largest absolute Gasteiger partial charge is 0.496 e. The number of carbonyl (C=O) groups excluding carboxylic acids is 2. The van der Waals surface area contributed by atoms with E-state index < -0.39 is 0 Å². The van der Waals surface area contributed by atoms with Gasteiger partial charge in [-0.25, -0.2) is 0 Å². The lowest BCUT2D eigenvalue weighted by Crippen LogP contribution is -2.37. The van der Waals surface area contributed by atoms with Crippen LogP contribution in [-0.4, -0.2) is 39.1 Å². The number of ether oxygens (including phenoxy) is 2. The number of amides is 2. The van der Waals surface area contributed by atoms with Crippen molar-refractivity contribution < 1.29 is 19.1 Å². The highest BCUT2D eigenvalue weighted by Gasteiger charge is 2.12. The molecular formula is C19H22N2O4. The first-order chi connectivity index (χ1) is 12.2. The van der Waals surface area contributed by atoms with E-state index in [1.807, 2.05) is 24.3 Å². The maximum Gasteiger partial charge on any atom is 0.255 e. The van der Waals surface area contributed by atoms with Gasteiger partial charge in [-0.3, -0.25) is 9.59 Å². The molecule has 0 heterocycles. The van der Waals surface area contributed by atoms with Gasteiger partial charge in [0.25, 0.3) is 5.91 Å². The van der Waals surface area contributed by atoms with E-state index in [9.17, 15) is 9.59 Å². The molecule has 0 bridgehead atoms. The third kappa shape index (κ3) is 5.24. The molecule has 2 aromatic carbocycles. The van der Waals surface area contributed by atoms with E-state index in [1.165, 1.54) is 7.11 Å². The minimum absolute atomic E-state index is 0.0944. The third-order valence-corrected chi connectivity index (χ3v) is 3.67. The quantitative estimate of drug-likeness (QED) is 0.767. The summed E-state index contributed by atoms with van der Waals surface area (Å²) in [5, 5.41) is 5.37. The second-order valence-electron chi connectivity index (χ2n) is 5.29. The Kier molecular flexibility index (Phi) is 6.83. The van der Waals surface area contributed by atoms with Gasteiger partial charge in [0.05, 0.1) is 26.3 Å². The summed E-state index contributed by atoms with van der Waals surface area (Å²) < 4.78 is 10.4. The highest BCUT2D eigenvalue weighted by atomic mass is 16.5. The molecule has 0 radical (unpaired) electrons. The predicted octanol–water partition coefficient (Wildman–Crippen LogP) is 1.79. The van der Waals surface area contributed by atoms with Gasteiger partial charge in [0.2, 0.25) is 5.91 Å². The van der Waals surface area contributed by atoms with E-state index in [0.29, 0.717) is 24.3 Å². The van der Waals surface area contributed by atoms with Crippen molar-refractivity contribution in [2.45, 2.75) is 6.42 Å². The molecule has 0 spiro atoms. The first-order valence-electron chi connectivity index (χ1n) is 7.95. The average Bonchev–Trinajstić information content (AvgIpc) is 2.66. The van der Waals surface area contributed by atoms with Crippen LogP contribution in [0.3, 0.4) is 0 Å². The zero-order valence-electron chi connectivity index (χ0n) is 14.4. The highest BCUT2D eigenvalue weighted by Crippen LogP contribution is 2.17. The highest BCUT2D eigenvalue weighted by molar-refractivity contribution is 5.98. The summed E-state index contributed by atoms with van der Waals surface area (Å²) in [6, 6.07) is 14.5. The van der Waals surface area contributed by atoms with Gasteiger partial charge in [0, 0.05) is 6.54 Å². The zero-order chi connectivity index (χ0) is 18.1. The number of para-hydroxylation sites is 2. The number of benzene rings is 2. The first kappa shape index (κ1) is 18.3. The molecule has 2 rings (SSSR count). The molecule has 0 aliphatic carbocycles. The van der Waals surface area contributed by atoms with Crippen LogP contribution in [0.15, 0.2) is 48.5 Å². The summed E-state index contributed by atoms with van der Waals surface area (Å²) in [6.07, 6.45) is 0.649. The van der Waals surface area contributed by atoms with Crippen LogP contribution in [0, 0.1) is 0 Å². The fraction of sp³-hybridized carbons (Fsp3) is 0.263. The summed E-state index contributed by atoms with van der Waals surface area (Å²) in [6.45, 7) is 0.368. The van der Waals surface area contributed by atoms with Crippen molar-refractivity contribution in [3.63, 3.8) is 0 Å². The van der Waals surface area contributed by atoms with Gasteiger partial charge >= 0.3 is 0 Å². The average molecular weight is 342 g/mol. The molecule has 0 saturated heterocycles. The summed E-state index contributed by atoms with van der Waals surface area (Å²) in [7, 11) is 3.11. The van der Waals surface area contributed by atoms with E-state index in [4.69, 9.17) is 9.47 Å². The van der Waals surface area contributed by atoms with Gasteiger partial charge in [-0.05, 0) is 30.2 Å². The monoisotopic (exact) mass is 342 g/mol. The molecule has 6 heteroatoms. The van der Waals surface area contributed by atoms with Crippen molar-refractivity contribution in [1.82, 2.24) is 10.6 Å². The van der Waals surface area contributed by atoms with Crippen LogP contribution in [0.4, 0.5) is 0 Å². The molecule has 2 aromatic rings. The molecule has 132 valence electrons. The molecule has 2 amide bonds. The van der Waals surface area contributed by atoms with Crippen LogP contribution < -0.4 is 20.1 Å². The maximum absolute atomic E-state index is 12.1. The Morgan fingerprint density at radius 1 is 0.880 bits per heavy atom. The molecule has 0 saturated carbocycles. The molecule has 25 heavy (non-hydrogen) atoms. The summed E-state index contributed by atoms with van der Waals surface area (Å²) in [5.74, 6) is 0.660. The standard InChI is InChI=1S/C19H22N2O4/c1-24-16-9-5-3-7-14(16)11-12-20-18(22)13-21-19(23)15-8-4-6-10-17(15)25-2/h3-10H,11-13H2,1-2H3,(H,20,22)(H,21,23). The fourth-order valence-corrected chi connectivity index (χ4v) is 2.40. The molecule has 0 fully saturated rings. The van der Waals surface area contributed by atoms with Crippen LogP contribution in [-0.2, 0) is 11.2 Å². The maximum atomic E-state index is 12.1. The number of methoxy groups -OCH3 is 2. The van der Waals surface area contributed by atoms with Crippen molar-refractivity contribution in [3.05, 3.63) is 59.7 Å². The van der Waals surface area contributed by atoms with Crippen LogP contribution >= 0.6 is 0 Å². The molecule has 2 N–H and O–H groups in total. The van der Waals surface area contributed by atoms with E-state index in [-0.39, 0.29) is 18.4 Å². The van der Waals surface area contributed by atoms with Crippen LogP contribution in [0.5, 0.6) is 11.5 Å². The number of hydrogen-bond donors (Lipinski definition) is 2. The summed E-state index contributed by atoms with van der Waals surface area (Å²) in [4.78, 5) is 24.0. The fourth-order valence-electron chi connectivity index (χ4n) is 2.40. The lowest BCUT2D eigenvalue weighted by molar-refractivity contribution is -0.120. The first-order valence-corrected chi connectivity index (χ1v) is 7.95. The predicted molar refractivity (Wildman–Crippen MR) is 95.0 cm³/mol. The van der Waals surface area contributed by atoms with Gasteiger partial charge in [-0.1, -0.05) is 30.3 Å². The minimum Gasteiger partial charge on any atom is -0.496 e. The Morgan fingerprint density at radius 3 is 2.24 bits per heavy atom. The number of nitrogens with one attached hydrogen (secondary N) is 2. The Morgan fingerprint density at radius 2 is 1.52 bits per heavy atom. The third-order valence-electron chi connectivity index (χ3n) is 3.67. The molecule has 0 unspecified atom stereocenters. The molecular weight excluding hydrogens is 320 g/mol. The Labute approximate surface area is 147 Å². The SMILES string of the molecule is COc1ccccc1CCNC(=O)CNC(=O)c1ccccc1OC. The van der Waals surface area contributed by atoms with Crippen LogP contribution in [0.1, 0.15) is 15.9 Å². The molecule has 0 atom stereocenters. The zero-order valence-corrected chi connectivity index (χ0v) is 14.4. The summed E-state index contributed by atoms with van der Waals surface area (Å²) in [5.41, 5.74) is 1.41. The summed E-state index contributed by atoms with van der Waals surface area (Å²) >= 11 is 0. The normalized spacial score (nSPS) is 10.0. The van der Waals surface area contributed by atoms with Crippen molar-refractivity contribution in [2.75, 3.05) is 27.3 Å². The van der Waals surface area contributed by atoms with Crippen LogP contribution in [0.2, 0.25) is 0 Å². The molecule has 0 aliphatic rings. The van der Waals surface area contributed by atoms with E-state index in [0.717, 1.165) is 11.3 Å². The lowest BCUT2D eigenvalue weighted by atomic mass is 10.1. The number of hydrogen-bond acceptors (Lipinski definition) is 4. The van der Waals surface area contributed by atoms with Gasteiger partial charge in [-0.2, -0.15) is 0 Å². The topological polar surface area (TPSA) is 76.7 Å². The molecule has 0 aromatic heterocycles.